The van der Waals surface area contributed by atoms with Crippen molar-refractivity contribution in [2.75, 3.05) is 31.7 Å². The fraction of sp³-hybridized carbons (Fsp3) is 0.636. The van der Waals surface area contributed by atoms with Gasteiger partial charge in [-0.15, -0.1) is 10.2 Å². The first kappa shape index (κ1) is 21.2. The van der Waals surface area contributed by atoms with Crippen LogP contribution in [0.2, 0.25) is 0 Å². The van der Waals surface area contributed by atoms with E-state index in [1.54, 1.807) is 24.6 Å². The van der Waals surface area contributed by atoms with Crippen molar-refractivity contribution in [1.29, 1.82) is 0 Å². The summed E-state index contributed by atoms with van der Waals surface area (Å²) in [7, 11) is 1.72. The third kappa shape index (κ3) is 4.07. The summed E-state index contributed by atoms with van der Waals surface area (Å²) < 4.78 is 5.40. The minimum absolute atomic E-state index is 0.0712. The van der Waals surface area contributed by atoms with Gasteiger partial charge in [-0.05, 0) is 52.5 Å². The van der Waals surface area contributed by atoms with Gasteiger partial charge >= 0.3 is 0 Å². The number of carbonyl (C=O) groups excluding carboxylic acids is 1. The Balaban J connectivity index is 1.46. The molecule has 30 heavy (non-hydrogen) atoms. The molecule has 1 atom stereocenters. The van der Waals surface area contributed by atoms with Gasteiger partial charge in [-0.25, -0.2) is 0 Å². The van der Waals surface area contributed by atoms with Crippen LogP contribution in [-0.2, 0) is 9.53 Å². The molecule has 2 aromatic rings. The molecule has 4 rings (SSSR count). The Kier molecular flexibility index (Phi) is 6.06. The van der Waals surface area contributed by atoms with Crippen molar-refractivity contribution in [2.45, 2.75) is 58.0 Å². The number of ether oxygens (including phenoxy) is 1. The first-order chi connectivity index (χ1) is 14.4. The van der Waals surface area contributed by atoms with Crippen LogP contribution in [-0.4, -0.2) is 64.4 Å². The van der Waals surface area contributed by atoms with Crippen LogP contribution in [0.25, 0.3) is 10.6 Å². The summed E-state index contributed by atoms with van der Waals surface area (Å²) in [4.78, 5) is 22.3. The summed E-state index contributed by atoms with van der Waals surface area (Å²) in [6.45, 7) is 8.64. The van der Waals surface area contributed by atoms with E-state index in [4.69, 9.17) is 4.74 Å². The van der Waals surface area contributed by atoms with E-state index in [1.807, 2.05) is 19.2 Å². The molecule has 4 heterocycles. The van der Waals surface area contributed by atoms with Crippen LogP contribution in [0, 0.1) is 12.8 Å². The summed E-state index contributed by atoms with van der Waals surface area (Å²) in [6.07, 6.45) is 7.48. The normalized spacial score (nSPS) is 21.9. The average molecular weight is 430 g/mol. The fourth-order valence-electron chi connectivity index (χ4n) is 4.88. The third-order valence-electron chi connectivity index (χ3n) is 6.44. The Labute approximate surface area is 182 Å². The SMILES string of the molecule is COCC1CCC(C)(C)N1C(=O)C1CCN(c2cnccc2-c2nnc(C)s2)CC1. The first-order valence-electron chi connectivity index (χ1n) is 10.7. The van der Waals surface area contributed by atoms with Gasteiger partial charge in [0.1, 0.15) is 10.0 Å². The number of hydrogen-bond acceptors (Lipinski definition) is 7. The number of anilines is 1. The molecule has 2 aromatic heterocycles. The van der Waals surface area contributed by atoms with Crippen molar-refractivity contribution in [1.82, 2.24) is 20.1 Å². The number of carbonyl (C=O) groups is 1. The molecule has 2 aliphatic rings. The highest BCUT2D eigenvalue weighted by Gasteiger charge is 2.44. The predicted octanol–water partition coefficient (Wildman–Crippen LogP) is 3.54. The second-order valence-electron chi connectivity index (χ2n) is 8.95. The van der Waals surface area contributed by atoms with Crippen LogP contribution in [0.5, 0.6) is 0 Å². The van der Waals surface area contributed by atoms with Gasteiger partial charge in [0.2, 0.25) is 5.91 Å². The molecule has 0 spiro atoms. The number of aryl methyl sites for hydroxylation is 1. The third-order valence-corrected chi connectivity index (χ3v) is 7.32. The van der Waals surface area contributed by atoms with E-state index in [2.05, 4.69) is 38.8 Å². The summed E-state index contributed by atoms with van der Waals surface area (Å²) in [5.74, 6) is 0.368. The molecule has 0 bridgehead atoms. The minimum atomic E-state index is -0.0936. The van der Waals surface area contributed by atoms with Gasteiger partial charge in [-0.2, -0.15) is 0 Å². The zero-order chi connectivity index (χ0) is 21.3. The van der Waals surface area contributed by atoms with Gasteiger partial charge in [-0.3, -0.25) is 9.78 Å². The summed E-state index contributed by atoms with van der Waals surface area (Å²) >= 11 is 1.60. The monoisotopic (exact) mass is 429 g/mol. The van der Waals surface area contributed by atoms with Crippen molar-refractivity contribution in [3.05, 3.63) is 23.5 Å². The van der Waals surface area contributed by atoms with Gasteiger partial charge in [0.15, 0.2) is 0 Å². The van der Waals surface area contributed by atoms with Crippen LogP contribution < -0.4 is 4.90 Å². The molecule has 8 heteroatoms. The predicted molar refractivity (Wildman–Crippen MR) is 119 cm³/mol. The second kappa shape index (κ2) is 8.59. The Bertz CT molecular complexity index is 891. The van der Waals surface area contributed by atoms with E-state index in [9.17, 15) is 4.79 Å². The minimum Gasteiger partial charge on any atom is -0.383 e. The lowest BCUT2D eigenvalue weighted by atomic mass is 9.92. The Morgan fingerprint density at radius 2 is 2.03 bits per heavy atom. The van der Waals surface area contributed by atoms with Crippen molar-refractivity contribution >= 4 is 22.9 Å². The van der Waals surface area contributed by atoms with Crippen molar-refractivity contribution in [3.8, 4) is 10.6 Å². The zero-order valence-electron chi connectivity index (χ0n) is 18.3. The maximum Gasteiger partial charge on any atom is 0.226 e. The maximum absolute atomic E-state index is 13.5. The topological polar surface area (TPSA) is 71.5 Å². The number of hydrogen-bond donors (Lipinski definition) is 0. The molecule has 1 amide bonds. The molecule has 0 saturated carbocycles. The molecular formula is C22H31N5O2S. The number of piperidine rings is 1. The number of rotatable bonds is 5. The highest BCUT2D eigenvalue weighted by Crippen LogP contribution is 2.38. The van der Waals surface area contributed by atoms with E-state index in [1.165, 1.54) is 0 Å². The fourth-order valence-corrected chi connectivity index (χ4v) is 5.61. The van der Waals surface area contributed by atoms with E-state index in [-0.39, 0.29) is 17.5 Å². The van der Waals surface area contributed by atoms with Crippen LogP contribution in [0.3, 0.4) is 0 Å². The van der Waals surface area contributed by atoms with E-state index in [0.29, 0.717) is 12.5 Å². The average Bonchev–Trinajstić information content (AvgIpc) is 3.30. The van der Waals surface area contributed by atoms with Crippen LogP contribution in [0.4, 0.5) is 5.69 Å². The molecule has 0 radical (unpaired) electrons. The maximum atomic E-state index is 13.5. The first-order valence-corrected chi connectivity index (χ1v) is 11.5. The largest absolute Gasteiger partial charge is 0.383 e. The number of nitrogens with zero attached hydrogens (tertiary/aromatic N) is 5. The summed E-state index contributed by atoms with van der Waals surface area (Å²) in [6, 6.07) is 2.20. The Morgan fingerprint density at radius 1 is 1.27 bits per heavy atom. The zero-order valence-corrected chi connectivity index (χ0v) is 19.1. The van der Waals surface area contributed by atoms with E-state index in [0.717, 1.165) is 60.0 Å². The van der Waals surface area contributed by atoms with Gasteiger partial charge in [-0.1, -0.05) is 11.3 Å². The molecule has 162 valence electrons. The van der Waals surface area contributed by atoms with Crippen molar-refractivity contribution < 1.29 is 9.53 Å². The molecule has 1 unspecified atom stereocenters. The number of pyridine rings is 1. The Morgan fingerprint density at radius 3 is 2.70 bits per heavy atom. The molecule has 0 aromatic carbocycles. The number of amides is 1. The van der Waals surface area contributed by atoms with Gasteiger partial charge < -0.3 is 14.5 Å². The van der Waals surface area contributed by atoms with E-state index < -0.39 is 0 Å². The highest BCUT2D eigenvalue weighted by molar-refractivity contribution is 7.14. The molecule has 2 fully saturated rings. The van der Waals surface area contributed by atoms with Gasteiger partial charge in [0.25, 0.3) is 0 Å². The Hall–Kier alpha value is -2.06. The molecule has 2 saturated heterocycles. The summed E-state index contributed by atoms with van der Waals surface area (Å²) in [5, 5.41) is 10.4. The van der Waals surface area contributed by atoms with Gasteiger partial charge in [0.05, 0.1) is 24.5 Å². The quantitative estimate of drug-likeness (QED) is 0.724. The van der Waals surface area contributed by atoms with Crippen molar-refractivity contribution in [3.63, 3.8) is 0 Å². The molecular weight excluding hydrogens is 398 g/mol. The molecule has 0 aliphatic carbocycles. The number of likely N-dealkylation sites (tertiary alicyclic amines) is 1. The second-order valence-corrected chi connectivity index (χ2v) is 10.1. The van der Waals surface area contributed by atoms with Gasteiger partial charge in [0, 0.05) is 43.4 Å². The summed E-state index contributed by atoms with van der Waals surface area (Å²) in [5.41, 5.74) is 2.06. The lowest BCUT2D eigenvalue weighted by molar-refractivity contribution is -0.143. The van der Waals surface area contributed by atoms with Crippen LogP contribution in [0.15, 0.2) is 18.5 Å². The number of aromatic nitrogens is 3. The number of methoxy groups -OCH3 is 1. The standard InChI is InChI=1S/C22H31N5O2S/c1-15-24-25-20(30-15)18-6-10-23-13-19(18)26-11-7-16(8-12-26)21(28)27-17(14-29-4)5-9-22(27,2)3/h6,10,13,16-17H,5,7-9,11-12,14H2,1-4H3. The van der Waals surface area contributed by atoms with Crippen molar-refractivity contribution in [2.24, 2.45) is 5.92 Å². The lowest BCUT2D eigenvalue weighted by Gasteiger charge is -2.41. The highest BCUT2D eigenvalue weighted by atomic mass is 32.1. The smallest absolute Gasteiger partial charge is 0.226 e. The lowest BCUT2D eigenvalue weighted by Crippen LogP contribution is -2.52. The van der Waals surface area contributed by atoms with Crippen LogP contribution >= 0.6 is 11.3 Å². The van der Waals surface area contributed by atoms with Crippen LogP contribution in [0.1, 0.15) is 44.5 Å². The molecule has 7 nitrogen and oxygen atoms in total. The molecule has 2 aliphatic heterocycles. The van der Waals surface area contributed by atoms with E-state index >= 15 is 0 Å². The molecule has 0 N–H and O–H groups in total.